The van der Waals surface area contributed by atoms with Gasteiger partial charge in [-0.05, 0) is 25.7 Å². The molecule has 0 aliphatic rings. The quantitative estimate of drug-likeness (QED) is 0.0256. The van der Waals surface area contributed by atoms with Crippen molar-refractivity contribution in [3.8, 4) is 0 Å². The number of nitrogens with zero attached hydrogens (tertiary/aromatic N) is 2. The Morgan fingerprint density at radius 3 is 0.366 bits per heavy atom. The predicted octanol–water partition coefficient (Wildman–Crippen LogP) is 27.9. The molecule has 0 unspecified atom stereocenters. The van der Waals surface area contributed by atoms with Gasteiger partial charge in [-0.2, -0.15) is 0 Å². The van der Waals surface area contributed by atoms with Crippen LogP contribution in [0.2, 0.25) is 0 Å². The first kappa shape index (κ1) is 87.3. The third-order valence-electron chi connectivity index (χ3n) is 17.6. The summed E-state index contributed by atoms with van der Waals surface area (Å²) in [4.78, 5) is 4.61. The minimum absolute atomic E-state index is 0.696. The molecule has 2 nitrogen and oxygen atoms in total. The molecule has 8 heteroatoms. The van der Waals surface area contributed by atoms with Gasteiger partial charge in [0.25, 0.3) is 0 Å². The third-order valence-corrected chi connectivity index (χ3v) is 18.7. The average Bonchev–Trinajstić information content (AvgIpc) is 3.48. The van der Waals surface area contributed by atoms with E-state index in [4.69, 9.17) is 49.7 Å². The molecule has 0 heterocycles. The Bertz CT molecular complexity index is 1000. The van der Waals surface area contributed by atoms with Gasteiger partial charge in [0.15, 0.2) is 0 Å². The fourth-order valence-corrected chi connectivity index (χ4v) is 12.7. The maximum absolute atomic E-state index is 5.38. The van der Waals surface area contributed by atoms with Gasteiger partial charge in [-0.3, -0.25) is 0 Å². The van der Waals surface area contributed by atoms with Gasteiger partial charge in [-0.25, -0.2) is 0 Å². The molecular formula is C74H148MoN2S5. The fourth-order valence-electron chi connectivity index (χ4n) is 12.0. The Balaban J connectivity index is -0.00000148. The zero-order valence-electron chi connectivity index (χ0n) is 56.4. The summed E-state index contributed by atoms with van der Waals surface area (Å²) in [5.41, 5.74) is 0. The molecule has 82 heavy (non-hydrogen) atoms. The van der Waals surface area contributed by atoms with Crippen LogP contribution in [0.4, 0.5) is 0 Å². The first-order valence-electron chi connectivity index (χ1n) is 37.5. The van der Waals surface area contributed by atoms with E-state index in [-0.39, 0.29) is 0 Å². The molecule has 0 aromatic carbocycles. The molecule has 0 saturated carbocycles. The molecule has 490 valence electrons. The summed E-state index contributed by atoms with van der Waals surface area (Å²) in [6.07, 6.45) is 91.0. The maximum atomic E-state index is 5.38. The number of hydrogen-bond acceptors (Lipinski definition) is 5. The molecule has 0 fully saturated rings. The van der Waals surface area contributed by atoms with Gasteiger partial charge in [-0.15, -0.1) is 0 Å². The van der Waals surface area contributed by atoms with Crippen molar-refractivity contribution in [1.29, 1.82) is 0 Å². The van der Waals surface area contributed by atoms with Crippen LogP contribution < -0.4 is 0 Å². The van der Waals surface area contributed by atoms with Crippen LogP contribution in [0.3, 0.4) is 0 Å². The molecular weight excluding hydrogens is 1170 g/mol. The minimum atomic E-state index is 0.696. The standard InChI is InChI=1S/2C37H75NS2.Mo.S/c2*1-3-5-7-9-11-13-15-17-19-21-23-25-27-29-31-33-35-38(37(39)40)36-34-32-30-28-26-24-22-20-18-16-14-12-10-8-6-4-2;;/h2*3-36H2,1-2H3,(H,39,40);;/q;;+2;/p-2. The van der Waals surface area contributed by atoms with Crippen molar-refractivity contribution in [1.82, 2.24) is 9.80 Å². The van der Waals surface area contributed by atoms with Crippen LogP contribution >= 0.6 is 34.3 Å². The topological polar surface area (TPSA) is 6.48 Å². The van der Waals surface area contributed by atoms with Crippen LogP contribution in [0.15, 0.2) is 0 Å². The second kappa shape index (κ2) is 82.1. The summed E-state index contributed by atoms with van der Waals surface area (Å²) in [6.45, 7) is 13.5. The molecule has 0 saturated heterocycles. The second-order valence-electron chi connectivity index (χ2n) is 25.7. The van der Waals surface area contributed by atoms with Gasteiger partial charge < -0.3 is 59.5 Å². The number of hydrogen-bond donors (Lipinski definition) is 0. The summed E-state index contributed by atoms with van der Waals surface area (Å²) >= 11 is 23.0. The Hall–Kier alpha value is 1.13. The summed E-state index contributed by atoms with van der Waals surface area (Å²) in [5.74, 6) is 0. The zero-order chi connectivity index (χ0) is 60.4. The molecule has 0 N–H and O–H groups in total. The molecule has 0 aromatic heterocycles. The predicted molar refractivity (Wildman–Crippen MR) is 389 cm³/mol. The van der Waals surface area contributed by atoms with E-state index in [9.17, 15) is 0 Å². The third kappa shape index (κ3) is 79.1. The van der Waals surface area contributed by atoms with E-state index in [0.29, 0.717) is 8.64 Å². The summed E-state index contributed by atoms with van der Waals surface area (Å²) in [6, 6.07) is 0. The Labute approximate surface area is 556 Å². The van der Waals surface area contributed by atoms with Gasteiger partial charge in [0, 0.05) is 26.2 Å². The molecule has 0 rings (SSSR count). The van der Waals surface area contributed by atoms with E-state index in [1.54, 1.807) is 0 Å². The fraction of sp³-hybridized carbons (Fsp3) is 0.973. The molecule has 0 aliphatic carbocycles. The molecule has 0 aliphatic heterocycles. The molecule has 0 radical (unpaired) electrons. The number of unbranched alkanes of at least 4 members (excludes halogenated alkanes) is 60. The van der Waals surface area contributed by atoms with Gasteiger partial charge in [0.1, 0.15) is 0 Å². The monoisotopic (exact) mass is 1320 g/mol. The van der Waals surface area contributed by atoms with Gasteiger partial charge in [-0.1, -0.05) is 422 Å². The first-order chi connectivity index (χ1) is 40.4. The van der Waals surface area contributed by atoms with Gasteiger partial charge >= 0.3 is 27.8 Å². The normalized spacial score (nSPS) is 11.1. The molecule has 0 atom stereocenters. The number of thiocarbonyl (C=S) groups is 2. The van der Waals surface area contributed by atoms with Crippen molar-refractivity contribution >= 4 is 68.2 Å². The van der Waals surface area contributed by atoms with Crippen molar-refractivity contribution in [2.75, 3.05) is 26.2 Å². The van der Waals surface area contributed by atoms with E-state index in [2.05, 4.69) is 47.3 Å². The first-order valence-corrected chi connectivity index (χ1v) is 41.9. The van der Waals surface area contributed by atoms with E-state index < -0.39 is 0 Å². The van der Waals surface area contributed by atoms with Crippen molar-refractivity contribution in [3.63, 3.8) is 0 Å². The van der Waals surface area contributed by atoms with Crippen LogP contribution in [0.5, 0.6) is 0 Å². The van der Waals surface area contributed by atoms with Crippen molar-refractivity contribution < 1.29 is 18.0 Å². The Kier molecular flexibility index (Phi) is 87.5. The molecule has 0 amide bonds. The summed E-state index contributed by atoms with van der Waals surface area (Å²) in [5, 5.41) is 0. The Morgan fingerprint density at radius 2 is 0.280 bits per heavy atom. The van der Waals surface area contributed by atoms with Crippen LogP contribution in [0.25, 0.3) is 0 Å². The number of rotatable bonds is 68. The Morgan fingerprint density at radius 1 is 0.195 bits per heavy atom. The van der Waals surface area contributed by atoms with E-state index in [0.717, 1.165) is 26.2 Å². The van der Waals surface area contributed by atoms with E-state index in [1.165, 1.54) is 429 Å². The summed E-state index contributed by atoms with van der Waals surface area (Å²) in [7, 11) is 4.09. The van der Waals surface area contributed by atoms with Crippen LogP contribution in [-0.2, 0) is 43.3 Å². The molecule has 0 spiro atoms. The molecule has 0 aromatic rings. The zero-order valence-corrected chi connectivity index (χ0v) is 62.5. The summed E-state index contributed by atoms with van der Waals surface area (Å²) < 4.78 is 1.39. The van der Waals surface area contributed by atoms with E-state index >= 15 is 0 Å². The van der Waals surface area contributed by atoms with Crippen molar-refractivity contribution in [3.05, 3.63) is 0 Å². The van der Waals surface area contributed by atoms with Gasteiger partial charge in [0.2, 0.25) is 0 Å². The average molecular weight is 1320 g/mol. The SMILES string of the molecule is CCCCCCCCCCCCCCCCCCN(CCCCCCCCCCCCCCCCCC)C(=S)[S-].CCCCCCCCCCCCCCCCCCN(CCCCCCCCCCCCCCCCCC)C(=S)[S-].[S]=[Mo+2]. The second-order valence-corrected chi connectivity index (χ2v) is 27.8. The van der Waals surface area contributed by atoms with E-state index in [1.807, 2.05) is 0 Å². The van der Waals surface area contributed by atoms with Crippen LogP contribution in [-0.4, -0.2) is 44.6 Å². The molecule has 0 bridgehead atoms. The van der Waals surface area contributed by atoms with Crippen LogP contribution in [0, 0.1) is 0 Å². The van der Waals surface area contributed by atoms with Crippen LogP contribution in [0.1, 0.15) is 439 Å². The van der Waals surface area contributed by atoms with Crippen molar-refractivity contribution in [2.24, 2.45) is 0 Å². The van der Waals surface area contributed by atoms with Gasteiger partial charge in [0.05, 0.1) is 0 Å². The van der Waals surface area contributed by atoms with Crippen molar-refractivity contribution in [2.45, 2.75) is 439 Å².